The van der Waals surface area contributed by atoms with E-state index in [1.165, 1.54) is 18.4 Å². The zero-order valence-corrected chi connectivity index (χ0v) is 8.78. The average Bonchev–Trinajstić information content (AvgIpc) is 2.93. The minimum Gasteiger partial charge on any atom is -0.316 e. The molecule has 1 N–H and O–H groups in total. The van der Waals surface area contributed by atoms with Gasteiger partial charge in [-0.15, -0.1) is 0 Å². The molecule has 0 aromatic carbocycles. The van der Waals surface area contributed by atoms with Crippen molar-refractivity contribution in [3.05, 3.63) is 34.2 Å². The summed E-state index contributed by atoms with van der Waals surface area (Å²) in [6.45, 7) is 2.10. The molecule has 1 unspecified atom stereocenters. The van der Waals surface area contributed by atoms with Gasteiger partial charge in [-0.2, -0.15) is 0 Å². The quantitative estimate of drug-likeness (QED) is 0.787. The predicted octanol–water partition coefficient (Wildman–Crippen LogP) is 1.26. The second kappa shape index (κ2) is 3.49. The number of nitrogens with one attached hydrogen (secondary N) is 1. The normalized spacial score (nSPS) is 25.7. The molecule has 0 spiro atoms. The zero-order chi connectivity index (χ0) is 10.3. The van der Waals surface area contributed by atoms with Gasteiger partial charge in [-0.1, -0.05) is 0 Å². The second-order valence-electron chi connectivity index (χ2n) is 4.63. The van der Waals surface area contributed by atoms with Crippen LogP contribution < -0.4 is 10.9 Å². The third kappa shape index (κ3) is 1.72. The van der Waals surface area contributed by atoms with Crippen LogP contribution in [-0.2, 0) is 0 Å². The van der Waals surface area contributed by atoms with Crippen molar-refractivity contribution >= 4 is 0 Å². The van der Waals surface area contributed by atoms with E-state index in [1.807, 2.05) is 16.8 Å². The maximum atomic E-state index is 11.8. The second-order valence-corrected chi connectivity index (χ2v) is 4.63. The Morgan fingerprint density at radius 3 is 2.80 bits per heavy atom. The summed E-state index contributed by atoms with van der Waals surface area (Å²) in [5, 5.41) is 3.33. The van der Waals surface area contributed by atoms with Crippen molar-refractivity contribution in [2.24, 2.45) is 0 Å². The highest BCUT2D eigenvalue weighted by Crippen LogP contribution is 2.33. The fraction of sp³-hybridized carbons (Fsp3) is 0.583. The number of nitrogens with zero attached hydrogens (tertiary/aromatic N) is 1. The maximum Gasteiger partial charge on any atom is 0.251 e. The van der Waals surface area contributed by atoms with Gasteiger partial charge in [-0.25, -0.2) is 0 Å². The highest BCUT2D eigenvalue weighted by Gasteiger charge is 2.25. The number of hydrogen-bond donors (Lipinski definition) is 1. The molecule has 15 heavy (non-hydrogen) atoms. The summed E-state index contributed by atoms with van der Waals surface area (Å²) in [5.41, 5.74) is 1.39. The summed E-state index contributed by atoms with van der Waals surface area (Å²) in [6.07, 6.45) is 5.48. The monoisotopic (exact) mass is 204 g/mol. The topological polar surface area (TPSA) is 34.0 Å². The Balaban J connectivity index is 1.90. The number of rotatable bonds is 2. The lowest BCUT2D eigenvalue weighted by atomic mass is 10.00. The Hall–Kier alpha value is -1.09. The fourth-order valence-corrected chi connectivity index (χ4v) is 2.35. The third-order valence-electron chi connectivity index (χ3n) is 3.44. The molecule has 0 amide bonds. The molecule has 80 valence electrons. The van der Waals surface area contributed by atoms with Gasteiger partial charge in [0, 0.05) is 24.8 Å². The first kappa shape index (κ1) is 9.16. The molecule has 2 fully saturated rings. The smallest absolute Gasteiger partial charge is 0.251 e. The first-order chi connectivity index (χ1) is 7.34. The molecular weight excluding hydrogens is 188 g/mol. The Morgan fingerprint density at radius 2 is 2.20 bits per heavy atom. The fourth-order valence-electron chi connectivity index (χ4n) is 2.35. The highest BCUT2D eigenvalue weighted by atomic mass is 16.1. The summed E-state index contributed by atoms with van der Waals surface area (Å²) in [7, 11) is 0. The van der Waals surface area contributed by atoms with E-state index in [9.17, 15) is 4.79 Å². The van der Waals surface area contributed by atoms with Crippen LogP contribution in [-0.4, -0.2) is 17.7 Å². The molecule has 0 radical (unpaired) electrons. The number of pyridine rings is 1. The first-order valence-corrected chi connectivity index (χ1v) is 5.77. The lowest BCUT2D eigenvalue weighted by Crippen LogP contribution is -2.19. The summed E-state index contributed by atoms with van der Waals surface area (Å²) >= 11 is 0. The van der Waals surface area contributed by atoms with Crippen molar-refractivity contribution < 1.29 is 0 Å². The van der Waals surface area contributed by atoms with E-state index in [-0.39, 0.29) is 5.56 Å². The van der Waals surface area contributed by atoms with E-state index in [1.54, 1.807) is 0 Å². The van der Waals surface area contributed by atoms with Crippen LogP contribution in [0.3, 0.4) is 0 Å². The van der Waals surface area contributed by atoms with E-state index in [0.717, 1.165) is 19.5 Å². The van der Waals surface area contributed by atoms with Gasteiger partial charge in [0.15, 0.2) is 0 Å². The molecule has 1 aromatic heterocycles. The summed E-state index contributed by atoms with van der Waals surface area (Å²) in [6, 6.07) is 4.45. The van der Waals surface area contributed by atoms with E-state index in [0.29, 0.717) is 12.0 Å². The van der Waals surface area contributed by atoms with Gasteiger partial charge in [0.2, 0.25) is 0 Å². The van der Waals surface area contributed by atoms with Gasteiger partial charge in [0.25, 0.3) is 5.56 Å². The molecule has 3 nitrogen and oxygen atoms in total. The molecule has 1 saturated heterocycles. The number of aromatic nitrogens is 1. The molecule has 1 aliphatic carbocycles. The van der Waals surface area contributed by atoms with E-state index in [4.69, 9.17) is 0 Å². The SMILES string of the molecule is O=c1cc(C2CCNC2)ccn1C1CC1. The minimum atomic E-state index is 0.182. The minimum absolute atomic E-state index is 0.182. The molecule has 1 aliphatic heterocycles. The van der Waals surface area contributed by atoms with Crippen molar-refractivity contribution in [2.75, 3.05) is 13.1 Å². The number of hydrogen-bond acceptors (Lipinski definition) is 2. The van der Waals surface area contributed by atoms with Crippen molar-refractivity contribution in [2.45, 2.75) is 31.2 Å². The molecule has 1 atom stereocenters. The molecular formula is C12H16N2O. The van der Waals surface area contributed by atoms with Crippen LogP contribution in [0.5, 0.6) is 0 Å². The first-order valence-electron chi connectivity index (χ1n) is 5.77. The van der Waals surface area contributed by atoms with Crippen molar-refractivity contribution in [1.29, 1.82) is 0 Å². The Kier molecular flexibility index (Phi) is 2.13. The van der Waals surface area contributed by atoms with Gasteiger partial charge in [-0.3, -0.25) is 4.79 Å². The molecule has 2 heterocycles. The molecule has 1 aromatic rings. The zero-order valence-electron chi connectivity index (χ0n) is 8.78. The molecule has 3 rings (SSSR count). The van der Waals surface area contributed by atoms with Crippen LogP contribution in [0.1, 0.15) is 36.8 Å². The molecule has 0 bridgehead atoms. The van der Waals surface area contributed by atoms with Crippen LogP contribution in [0.2, 0.25) is 0 Å². The van der Waals surface area contributed by atoms with Crippen molar-refractivity contribution in [3.8, 4) is 0 Å². The van der Waals surface area contributed by atoms with Crippen LogP contribution in [0.25, 0.3) is 0 Å². The van der Waals surface area contributed by atoms with Gasteiger partial charge in [0.1, 0.15) is 0 Å². The average molecular weight is 204 g/mol. The van der Waals surface area contributed by atoms with Crippen LogP contribution in [0, 0.1) is 0 Å². The Bertz CT molecular complexity index is 414. The van der Waals surface area contributed by atoms with Crippen molar-refractivity contribution in [3.63, 3.8) is 0 Å². The van der Waals surface area contributed by atoms with Gasteiger partial charge >= 0.3 is 0 Å². The van der Waals surface area contributed by atoms with Crippen LogP contribution in [0.15, 0.2) is 23.1 Å². The summed E-state index contributed by atoms with van der Waals surface area (Å²) < 4.78 is 1.88. The molecule has 2 aliphatic rings. The predicted molar refractivity (Wildman–Crippen MR) is 59.2 cm³/mol. The maximum absolute atomic E-state index is 11.8. The standard InChI is InChI=1S/C12H16N2O/c15-12-7-9(10-3-5-13-8-10)4-6-14(12)11-1-2-11/h4,6-7,10-11,13H,1-3,5,8H2. The van der Waals surface area contributed by atoms with E-state index in [2.05, 4.69) is 11.4 Å². The molecule has 1 saturated carbocycles. The highest BCUT2D eigenvalue weighted by molar-refractivity contribution is 5.19. The van der Waals surface area contributed by atoms with Gasteiger partial charge in [0.05, 0.1) is 0 Å². The Labute approximate surface area is 89.1 Å². The van der Waals surface area contributed by atoms with Crippen molar-refractivity contribution in [1.82, 2.24) is 9.88 Å². The summed E-state index contributed by atoms with van der Waals surface area (Å²) in [5.74, 6) is 0.548. The Morgan fingerprint density at radius 1 is 1.33 bits per heavy atom. The van der Waals surface area contributed by atoms with E-state index >= 15 is 0 Å². The lowest BCUT2D eigenvalue weighted by Gasteiger charge is -2.10. The largest absolute Gasteiger partial charge is 0.316 e. The van der Waals surface area contributed by atoms with E-state index < -0.39 is 0 Å². The lowest BCUT2D eigenvalue weighted by molar-refractivity contribution is 0.690. The molecule has 3 heteroatoms. The third-order valence-corrected chi connectivity index (χ3v) is 3.44. The van der Waals surface area contributed by atoms with Crippen LogP contribution in [0.4, 0.5) is 0 Å². The van der Waals surface area contributed by atoms with Gasteiger partial charge < -0.3 is 9.88 Å². The van der Waals surface area contributed by atoms with Gasteiger partial charge in [-0.05, 0) is 43.4 Å². The van der Waals surface area contributed by atoms with Crippen LogP contribution >= 0.6 is 0 Å². The summed E-state index contributed by atoms with van der Waals surface area (Å²) in [4.78, 5) is 11.8.